The molecule has 34 heavy (non-hydrogen) atoms. The number of hydrogen-bond acceptors (Lipinski definition) is 6. The summed E-state index contributed by atoms with van der Waals surface area (Å²) in [4.78, 5) is 45.8. The fraction of sp³-hybridized carbons (Fsp3) is 0.600. The molecule has 4 aliphatic rings. The van der Waals surface area contributed by atoms with E-state index in [0.29, 0.717) is 31.6 Å². The Morgan fingerprint density at radius 1 is 1.26 bits per heavy atom. The van der Waals surface area contributed by atoms with E-state index >= 15 is 0 Å². The summed E-state index contributed by atoms with van der Waals surface area (Å²) in [6.07, 6.45) is 4.01. The van der Waals surface area contributed by atoms with Crippen molar-refractivity contribution in [2.75, 3.05) is 33.7 Å². The number of carbonyl (C=O) groups excluding carboxylic acids is 3. The van der Waals surface area contributed by atoms with E-state index in [0.717, 1.165) is 36.8 Å². The molecule has 3 aliphatic heterocycles. The van der Waals surface area contributed by atoms with Gasteiger partial charge in [-0.2, -0.15) is 5.26 Å². The highest BCUT2D eigenvalue weighted by Crippen LogP contribution is 2.44. The number of hydrogen-bond donors (Lipinski definition) is 1. The second-order valence-corrected chi connectivity index (χ2v) is 10.2. The minimum Gasteiger partial charge on any atom is -0.345 e. The van der Waals surface area contributed by atoms with Crippen LogP contribution in [0.5, 0.6) is 0 Å². The highest BCUT2D eigenvalue weighted by atomic mass is 16.2. The number of benzene rings is 1. The van der Waals surface area contributed by atoms with Gasteiger partial charge in [-0.15, -0.1) is 0 Å². The average Bonchev–Trinajstić information content (AvgIpc) is 3.60. The molecule has 0 saturated carbocycles. The number of amides is 3. The van der Waals surface area contributed by atoms with Gasteiger partial charge in [-0.1, -0.05) is 6.07 Å². The molecule has 180 valence electrons. The summed E-state index contributed by atoms with van der Waals surface area (Å²) < 4.78 is 0. The van der Waals surface area contributed by atoms with Crippen molar-refractivity contribution in [1.29, 1.82) is 5.26 Å². The Kier molecular flexibility index (Phi) is 5.82. The minimum atomic E-state index is -0.727. The first-order chi connectivity index (χ1) is 16.3. The first kappa shape index (κ1) is 22.8. The summed E-state index contributed by atoms with van der Waals surface area (Å²) in [7, 11) is 3.49. The van der Waals surface area contributed by atoms with Crippen molar-refractivity contribution >= 4 is 17.7 Å². The number of aryl methyl sites for hydroxylation is 1. The molecule has 2 N–H and O–H groups in total. The monoisotopic (exact) mass is 464 g/mol. The van der Waals surface area contributed by atoms with Crippen LogP contribution in [0.25, 0.3) is 0 Å². The summed E-state index contributed by atoms with van der Waals surface area (Å²) in [5, 5.41) is 9.28. The standard InChI is InChI=1S/C25H32N6O3/c1-28(2)23(32)16-5-7-19-15(10-16)6-8-21(19)31-18-11-22(25(31)34)29(13-18)14-20(27)24(33)30-9-3-4-17(30)12-26/h5,7,10,17-18,20-22H,3-4,6,8-9,11,13-14,27H2,1-2H3/t17-,18?,20-,21-,22-/m0/s1. The molecule has 1 aromatic carbocycles. The molecule has 1 aromatic rings. The van der Waals surface area contributed by atoms with E-state index in [4.69, 9.17) is 5.73 Å². The number of rotatable bonds is 5. The smallest absolute Gasteiger partial charge is 0.253 e. The lowest BCUT2D eigenvalue weighted by Gasteiger charge is -2.38. The van der Waals surface area contributed by atoms with Crippen LogP contribution in [0.3, 0.4) is 0 Å². The molecular formula is C25H32N6O3. The molecule has 9 nitrogen and oxygen atoms in total. The van der Waals surface area contributed by atoms with Crippen LogP contribution in [0.1, 0.15) is 53.2 Å². The number of likely N-dealkylation sites (tertiary alicyclic amines) is 3. The summed E-state index contributed by atoms with van der Waals surface area (Å²) in [6, 6.07) is 6.83. The first-order valence-electron chi connectivity index (χ1n) is 12.2. The molecule has 9 heteroatoms. The van der Waals surface area contributed by atoms with Gasteiger partial charge in [0.05, 0.1) is 24.2 Å². The maximum atomic E-state index is 13.4. The predicted molar refractivity (Wildman–Crippen MR) is 124 cm³/mol. The van der Waals surface area contributed by atoms with Crippen molar-refractivity contribution in [1.82, 2.24) is 19.6 Å². The summed E-state index contributed by atoms with van der Waals surface area (Å²) in [5.74, 6) is -0.0960. The molecule has 2 bridgehead atoms. The normalized spacial score (nSPS) is 28.8. The molecular weight excluding hydrogens is 432 g/mol. The first-order valence-corrected chi connectivity index (χ1v) is 12.2. The van der Waals surface area contributed by atoms with Crippen molar-refractivity contribution in [2.24, 2.45) is 5.73 Å². The van der Waals surface area contributed by atoms with E-state index in [1.165, 1.54) is 0 Å². The third-order valence-corrected chi connectivity index (χ3v) is 7.93. The predicted octanol–water partition coefficient (Wildman–Crippen LogP) is 0.503. The maximum Gasteiger partial charge on any atom is 0.253 e. The van der Waals surface area contributed by atoms with Gasteiger partial charge < -0.3 is 20.4 Å². The number of nitrogens with zero attached hydrogens (tertiary/aromatic N) is 5. The Hall–Kier alpha value is -2.96. The number of nitrogens with two attached hydrogens (primary N) is 1. The summed E-state index contributed by atoms with van der Waals surface area (Å²) >= 11 is 0. The fourth-order valence-electron chi connectivity index (χ4n) is 6.28. The van der Waals surface area contributed by atoms with Crippen molar-refractivity contribution in [3.63, 3.8) is 0 Å². The third kappa shape index (κ3) is 3.65. The number of carbonyl (C=O) groups is 3. The van der Waals surface area contributed by atoms with Crippen LogP contribution >= 0.6 is 0 Å². The maximum absolute atomic E-state index is 13.4. The van der Waals surface area contributed by atoms with Crippen LogP contribution in [0, 0.1) is 11.3 Å². The number of piperazine rings is 1. The zero-order chi connectivity index (χ0) is 24.1. The summed E-state index contributed by atoms with van der Waals surface area (Å²) in [6.45, 7) is 1.63. The van der Waals surface area contributed by atoms with Gasteiger partial charge in [0, 0.05) is 45.3 Å². The molecule has 3 saturated heterocycles. The van der Waals surface area contributed by atoms with E-state index in [2.05, 4.69) is 11.0 Å². The van der Waals surface area contributed by atoms with Gasteiger partial charge in [0.2, 0.25) is 11.8 Å². The average molecular weight is 465 g/mol. The third-order valence-electron chi connectivity index (χ3n) is 7.93. The molecule has 0 radical (unpaired) electrons. The van der Waals surface area contributed by atoms with E-state index < -0.39 is 6.04 Å². The molecule has 1 aliphatic carbocycles. The zero-order valence-electron chi connectivity index (χ0n) is 19.8. The molecule has 0 aromatic heterocycles. The SMILES string of the molecule is CN(C)C(=O)c1ccc2c(c1)CC[C@@H]2N1C(=O)[C@@H]2CC1CN2C[C@H](N)C(=O)N1CCC[C@H]1C#N. The molecule has 3 amide bonds. The number of nitriles is 1. The highest BCUT2D eigenvalue weighted by Gasteiger charge is 2.53. The Balaban J connectivity index is 1.25. The Labute approximate surface area is 200 Å². The van der Waals surface area contributed by atoms with Gasteiger partial charge in [-0.25, -0.2) is 0 Å². The van der Waals surface area contributed by atoms with Gasteiger partial charge in [-0.05, 0) is 55.4 Å². The molecule has 5 rings (SSSR count). The van der Waals surface area contributed by atoms with Gasteiger partial charge in [0.15, 0.2) is 0 Å². The Morgan fingerprint density at radius 3 is 2.76 bits per heavy atom. The molecule has 3 heterocycles. The van der Waals surface area contributed by atoms with Crippen LogP contribution in [0.2, 0.25) is 0 Å². The van der Waals surface area contributed by atoms with Crippen LogP contribution in [0.15, 0.2) is 18.2 Å². The van der Waals surface area contributed by atoms with Crippen LogP contribution in [-0.4, -0.2) is 95.2 Å². The molecule has 3 fully saturated rings. The van der Waals surface area contributed by atoms with Crippen LogP contribution < -0.4 is 5.73 Å². The molecule has 5 atom stereocenters. The van der Waals surface area contributed by atoms with Gasteiger partial charge in [0.25, 0.3) is 5.91 Å². The summed E-state index contributed by atoms with van der Waals surface area (Å²) in [5.41, 5.74) is 9.23. The van der Waals surface area contributed by atoms with E-state index in [1.54, 1.807) is 23.9 Å². The lowest BCUT2D eigenvalue weighted by Crippen LogP contribution is -2.56. The quantitative estimate of drug-likeness (QED) is 0.679. The number of fused-ring (bicyclic) bond motifs is 3. The fourth-order valence-corrected chi connectivity index (χ4v) is 6.28. The van der Waals surface area contributed by atoms with E-state index in [-0.39, 0.29) is 41.9 Å². The minimum absolute atomic E-state index is 0.0147. The lowest BCUT2D eigenvalue weighted by molar-refractivity contribution is -0.141. The Bertz CT molecular complexity index is 1070. The van der Waals surface area contributed by atoms with Gasteiger partial charge >= 0.3 is 0 Å². The topological polar surface area (TPSA) is 114 Å². The largest absolute Gasteiger partial charge is 0.345 e. The molecule has 0 spiro atoms. The lowest BCUT2D eigenvalue weighted by atomic mass is 10.0. The second kappa shape index (κ2) is 8.67. The van der Waals surface area contributed by atoms with Crippen molar-refractivity contribution in [3.8, 4) is 6.07 Å². The van der Waals surface area contributed by atoms with E-state index in [9.17, 15) is 19.6 Å². The zero-order valence-corrected chi connectivity index (χ0v) is 19.8. The van der Waals surface area contributed by atoms with Gasteiger partial charge in [0.1, 0.15) is 6.04 Å². The van der Waals surface area contributed by atoms with Crippen molar-refractivity contribution in [3.05, 3.63) is 34.9 Å². The van der Waals surface area contributed by atoms with Crippen molar-refractivity contribution in [2.45, 2.75) is 62.3 Å². The van der Waals surface area contributed by atoms with Crippen molar-refractivity contribution < 1.29 is 14.4 Å². The van der Waals surface area contributed by atoms with Gasteiger partial charge in [-0.3, -0.25) is 19.3 Å². The Morgan fingerprint density at radius 2 is 2.06 bits per heavy atom. The van der Waals surface area contributed by atoms with Crippen LogP contribution in [0.4, 0.5) is 0 Å². The van der Waals surface area contributed by atoms with E-state index in [1.807, 2.05) is 23.1 Å². The highest BCUT2D eigenvalue weighted by molar-refractivity contribution is 5.94. The second-order valence-electron chi connectivity index (χ2n) is 10.2. The molecule has 1 unspecified atom stereocenters. The van der Waals surface area contributed by atoms with Crippen LogP contribution in [-0.2, 0) is 16.0 Å².